The molecule has 6 aromatic rings. The van der Waals surface area contributed by atoms with Crippen LogP contribution in [0.5, 0.6) is 0 Å². The van der Waals surface area contributed by atoms with Crippen molar-refractivity contribution in [2.45, 2.75) is 89.8 Å². The van der Waals surface area contributed by atoms with Crippen molar-refractivity contribution < 1.29 is 52.4 Å². The van der Waals surface area contributed by atoms with Crippen molar-refractivity contribution in [1.29, 1.82) is 0 Å². The van der Waals surface area contributed by atoms with E-state index in [1.54, 1.807) is 0 Å². The van der Waals surface area contributed by atoms with E-state index in [-0.39, 0.29) is 46.2 Å². The number of pyridine rings is 2. The number of quaternary nitrogens is 2. The highest BCUT2D eigenvalue weighted by Gasteiger charge is 2.56. The summed E-state index contributed by atoms with van der Waals surface area (Å²) in [4.78, 5) is 9.48. The highest BCUT2D eigenvalue weighted by Crippen LogP contribution is 2.52. The quantitative estimate of drug-likeness (QED) is 0.0870. The second-order valence-corrected chi connectivity index (χ2v) is 19.5. The molecule has 6 fully saturated rings. The van der Waals surface area contributed by atoms with Crippen molar-refractivity contribution in [2.75, 3.05) is 39.4 Å². The van der Waals surface area contributed by atoms with Crippen LogP contribution in [0.25, 0.3) is 32.6 Å². The number of fused-ring (bicyclic) bond motifs is 9. The molecule has 6 aliphatic rings. The second kappa shape index (κ2) is 20.0. The third kappa shape index (κ3) is 8.68. The molecule has 10 atom stereocenters. The molecular formula is C56H66Br2N4O2. The molecular weight excluding hydrogens is 920 g/mol. The number of benzene rings is 4. The second-order valence-electron chi connectivity index (χ2n) is 19.5. The van der Waals surface area contributed by atoms with Crippen LogP contribution in [0.1, 0.15) is 86.8 Å². The maximum atomic E-state index is 6.92. The molecule has 6 nitrogen and oxygen atoms in total. The molecule has 4 aromatic carbocycles. The van der Waals surface area contributed by atoms with Crippen LogP contribution in [0.15, 0.2) is 135 Å². The first-order chi connectivity index (χ1) is 30.4. The Morgan fingerprint density at radius 1 is 0.641 bits per heavy atom. The fraction of sp³-hybridized carbons (Fsp3) is 0.429. The van der Waals surface area contributed by atoms with E-state index >= 15 is 0 Å². The molecule has 0 aliphatic carbocycles. The Labute approximate surface area is 402 Å². The van der Waals surface area contributed by atoms with E-state index in [1.807, 2.05) is 24.5 Å². The van der Waals surface area contributed by atoms with Crippen LogP contribution in [-0.2, 0) is 22.6 Å². The highest BCUT2D eigenvalue weighted by atomic mass is 79.9. The lowest BCUT2D eigenvalue weighted by Gasteiger charge is -2.59. The van der Waals surface area contributed by atoms with Crippen LogP contribution < -0.4 is 34.0 Å². The monoisotopic (exact) mass is 984 g/mol. The minimum absolute atomic E-state index is 0. The molecule has 2 aromatic heterocycles. The number of piperidine rings is 6. The number of ether oxygens (including phenoxy) is 2. The van der Waals surface area contributed by atoms with Gasteiger partial charge in [0.15, 0.2) is 0 Å². The Morgan fingerprint density at radius 2 is 1.22 bits per heavy atom. The van der Waals surface area contributed by atoms with Crippen molar-refractivity contribution in [1.82, 2.24) is 9.97 Å². The fourth-order valence-corrected chi connectivity index (χ4v) is 13.5. The number of para-hydroxylation sites is 2. The van der Waals surface area contributed by atoms with Gasteiger partial charge in [0.25, 0.3) is 0 Å². The molecule has 6 unspecified atom stereocenters. The average Bonchev–Trinajstić information content (AvgIpc) is 3.32. The Hall–Kier alpha value is -3.76. The third-order valence-corrected chi connectivity index (χ3v) is 16.4. The molecule has 0 spiro atoms. The smallest absolute Gasteiger partial charge is 0.135 e. The average molecular weight is 987 g/mol. The number of nitrogens with zero attached hydrogens (tertiary/aromatic N) is 4. The summed E-state index contributed by atoms with van der Waals surface area (Å²) in [6.07, 6.45) is 15.3. The van der Waals surface area contributed by atoms with Crippen LogP contribution in [0.3, 0.4) is 0 Å². The van der Waals surface area contributed by atoms with E-state index in [4.69, 9.17) is 19.4 Å². The molecule has 64 heavy (non-hydrogen) atoms. The summed E-state index contributed by atoms with van der Waals surface area (Å²) in [6.45, 7) is 21.0. The first kappa shape index (κ1) is 46.8. The Morgan fingerprint density at radius 3 is 1.84 bits per heavy atom. The number of aromatic nitrogens is 2. The molecule has 0 saturated carbocycles. The van der Waals surface area contributed by atoms with Gasteiger partial charge in [0, 0.05) is 71.8 Å². The predicted molar refractivity (Wildman–Crippen MR) is 253 cm³/mol. The highest BCUT2D eigenvalue weighted by molar-refractivity contribution is 5.84. The summed E-state index contributed by atoms with van der Waals surface area (Å²) in [5.74, 6) is 2.59. The first-order valence-corrected chi connectivity index (χ1v) is 23.8. The summed E-state index contributed by atoms with van der Waals surface area (Å²) < 4.78 is 16.0. The maximum Gasteiger partial charge on any atom is 0.135 e. The first-order valence-electron chi connectivity index (χ1n) is 23.8. The molecule has 0 radical (unpaired) electrons. The summed E-state index contributed by atoms with van der Waals surface area (Å²) in [5.41, 5.74) is 7.55. The van der Waals surface area contributed by atoms with Gasteiger partial charge in [-0.2, -0.15) is 0 Å². The van der Waals surface area contributed by atoms with Gasteiger partial charge >= 0.3 is 0 Å². The zero-order chi connectivity index (χ0) is 42.3. The van der Waals surface area contributed by atoms with Gasteiger partial charge in [0.2, 0.25) is 0 Å². The molecule has 8 heteroatoms. The van der Waals surface area contributed by atoms with Crippen LogP contribution in [0.4, 0.5) is 0 Å². The van der Waals surface area contributed by atoms with Gasteiger partial charge in [-0.25, -0.2) is 0 Å². The van der Waals surface area contributed by atoms with E-state index in [9.17, 15) is 0 Å². The van der Waals surface area contributed by atoms with Gasteiger partial charge in [-0.15, -0.1) is 13.2 Å². The SMILES string of the molecule is C=CCO[C@H](c1ccnc2ccccc12)[C@H]1CC2CC[N+]1(Cc1ccc3ccc(C[N+]45CCC(CC4CC)[C@@H]([C@H](OCC=C)c4ccnc6ccccc46)C5)cc3c1)CC2CC.[Br-].[Br-]. The van der Waals surface area contributed by atoms with E-state index in [0.717, 1.165) is 51.5 Å². The summed E-state index contributed by atoms with van der Waals surface area (Å²) in [6, 6.07) is 37.4. The molecule has 0 amide bonds. The van der Waals surface area contributed by atoms with Crippen molar-refractivity contribution >= 4 is 32.6 Å². The molecule has 12 rings (SSSR count). The van der Waals surface area contributed by atoms with Crippen molar-refractivity contribution in [3.63, 3.8) is 0 Å². The molecule has 8 heterocycles. The van der Waals surface area contributed by atoms with Crippen LogP contribution in [0, 0.1) is 23.7 Å². The van der Waals surface area contributed by atoms with Gasteiger partial charge in [0.1, 0.15) is 25.2 Å². The molecule has 6 saturated heterocycles. The number of rotatable bonds is 16. The van der Waals surface area contributed by atoms with Crippen molar-refractivity contribution in [3.05, 3.63) is 157 Å². The largest absolute Gasteiger partial charge is 1.00 e. The lowest BCUT2D eigenvalue weighted by molar-refractivity contribution is -0.986. The lowest BCUT2D eigenvalue weighted by Crippen LogP contribution is -3.00. The molecule has 336 valence electrons. The Balaban J connectivity index is 0.00000280. The van der Waals surface area contributed by atoms with Crippen molar-refractivity contribution in [3.8, 4) is 0 Å². The zero-order valence-corrected chi connectivity index (χ0v) is 41.0. The predicted octanol–water partition coefficient (Wildman–Crippen LogP) is 6.10. The van der Waals surface area contributed by atoms with Gasteiger partial charge < -0.3 is 52.4 Å². The van der Waals surface area contributed by atoms with Gasteiger partial charge in [-0.1, -0.05) is 86.7 Å². The van der Waals surface area contributed by atoms with Crippen molar-refractivity contribution in [2.24, 2.45) is 23.7 Å². The van der Waals surface area contributed by atoms with Crippen LogP contribution >= 0.6 is 0 Å². The number of hydrogen-bond acceptors (Lipinski definition) is 4. The minimum atomic E-state index is -0.0226. The maximum absolute atomic E-state index is 6.92. The lowest BCUT2D eigenvalue weighted by atomic mass is 9.69. The minimum Gasteiger partial charge on any atom is -1.00 e. The molecule has 0 N–H and O–H groups in total. The van der Waals surface area contributed by atoms with Gasteiger partial charge in [0.05, 0.1) is 62.6 Å². The number of hydrogen-bond donors (Lipinski definition) is 0. The Bertz CT molecular complexity index is 2570. The number of halogens is 2. The van der Waals surface area contributed by atoms with E-state index < -0.39 is 0 Å². The zero-order valence-electron chi connectivity index (χ0n) is 37.8. The summed E-state index contributed by atoms with van der Waals surface area (Å²) in [5, 5.41) is 5.13. The standard InChI is InChI=1S/C56H66N4O2.2BrH/c1-5-29-61-55(49-21-25-57-52-15-11-9-13-47(49)52)51-38-59(27-24-44(51)33-46(59)8-4)35-39-17-19-42-20-18-40(32-45(42)31-39)36-60-28-23-43(41(7-3)37-60)34-54(60)56(62-30-6-2)50-22-26-58-53-16-12-10-14-48(50)53;;/h5-6,9-22,25-26,31-32,41,43-44,46,51,54-56H,1-2,7-8,23-24,27-30,33-38H2,3-4H3;2*1H/q+2;;/p-2/t41?,43?,44?,46?,51-,54+,55+,56+,59?,60?;;/m0../s1. The van der Waals surface area contributed by atoms with E-state index in [1.165, 1.54) is 102 Å². The van der Waals surface area contributed by atoms with E-state index in [2.05, 4.69) is 124 Å². The normalized spacial score (nSPS) is 28.0. The Kier molecular flexibility index (Phi) is 14.6. The molecule has 6 aliphatic heterocycles. The summed E-state index contributed by atoms with van der Waals surface area (Å²) in [7, 11) is 0. The summed E-state index contributed by atoms with van der Waals surface area (Å²) >= 11 is 0. The topological polar surface area (TPSA) is 44.2 Å². The van der Waals surface area contributed by atoms with Crippen LogP contribution in [-0.4, -0.2) is 70.4 Å². The molecule has 4 bridgehead atoms. The third-order valence-electron chi connectivity index (χ3n) is 16.4. The van der Waals surface area contributed by atoms with Gasteiger partial charge in [-0.05, 0) is 83.0 Å². The van der Waals surface area contributed by atoms with Crippen LogP contribution in [0.2, 0.25) is 0 Å². The fourth-order valence-electron chi connectivity index (χ4n) is 13.5. The van der Waals surface area contributed by atoms with Gasteiger partial charge in [-0.3, -0.25) is 9.97 Å². The van der Waals surface area contributed by atoms with E-state index in [0.29, 0.717) is 37.1 Å².